The summed E-state index contributed by atoms with van der Waals surface area (Å²) in [5, 5.41) is 49.7. The van der Waals surface area contributed by atoms with E-state index in [1.165, 1.54) is 25.3 Å². The summed E-state index contributed by atoms with van der Waals surface area (Å²) >= 11 is 0. The maximum absolute atomic E-state index is 11.2. The quantitative estimate of drug-likeness (QED) is 0.372. The molecule has 1 aromatic rings. The van der Waals surface area contributed by atoms with Crippen molar-refractivity contribution in [1.29, 1.82) is 0 Å². The highest BCUT2D eigenvalue weighted by atomic mass is 16.7. The van der Waals surface area contributed by atoms with Gasteiger partial charge < -0.3 is 34.6 Å². The zero-order valence-electron chi connectivity index (χ0n) is 12.8. The summed E-state index contributed by atoms with van der Waals surface area (Å²) in [6.07, 6.45) is -7.48. The van der Waals surface area contributed by atoms with E-state index >= 15 is 0 Å². The van der Waals surface area contributed by atoms with Crippen molar-refractivity contribution in [2.75, 3.05) is 13.7 Å². The van der Waals surface area contributed by atoms with Gasteiger partial charge in [-0.05, 0) is 11.6 Å². The molecule has 0 aromatic heterocycles. The van der Waals surface area contributed by atoms with Crippen molar-refractivity contribution >= 4 is 5.69 Å². The molecule has 1 aromatic carbocycles. The summed E-state index contributed by atoms with van der Waals surface area (Å²) in [7, 11) is 1.45. The minimum Gasteiger partial charge on any atom is -0.455 e. The minimum atomic E-state index is -1.65. The highest BCUT2D eigenvalue weighted by molar-refractivity contribution is 5.48. The molecular weight excluding hydrogens is 326 g/mol. The molecule has 1 aliphatic rings. The lowest BCUT2D eigenvalue weighted by Gasteiger charge is -2.39. The van der Waals surface area contributed by atoms with E-state index in [1.807, 2.05) is 0 Å². The van der Waals surface area contributed by atoms with Gasteiger partial charge in [-0.2, -0.15) is 0 Å². The fraction of sp³-hybridized carbons (Fsp3) is 0.571. The molecule has 0 unspecified atom stereocenters. The first-order chi connectivity index (χ1) is 11.4. The van der Waals surface area contributed by atoms with Crippen molar-refractivity contribution in [3.8, 4) is 5.75 Å². The number of nitro groups is 1. The third kappa shape index (κ3) is 3.80. The Kier molecular flexibility index (Phi) is 6.04. The maximum Gasteiger partial charge on any atom is 0.311 e. The van der Waals surface area contributed by atoms with Crippen molar-refractivity contribution in [1.82, 2.24) is 0 Å². The Balaban J connectivity index is 2.24. The fourth-order valence-electron chi connectivity index (χ4n) is 2.35. The molecule has 0 aliphatic carbocycles. The first-order valence-corrected chi connectivity index (χ1v) is 7.12. The summed E-state index contributed by atoms with van der Waals surface area (Å²) in [4.78, 5) is 10.5. The van der Waals surface area contributed by atoms with E-state index in [2.05, 4.69) is 0 Å². The second-order valence-electron chi connectivity index (χ2n) is 5.31. The molecule has 1 fully saturated rings. The molecule has 1 saturated heterocycles. The van der Waals surface area contributed by atoms with Crippen molar-refractivity contribution in [2.45, 2.75) is 37.3 Å². The van der Waals surface area contributed by atoms with Crippen molar-refractivity contribution in [2.24, 2.45) is 0 Å². The Morgan fingerprint density at radius 3 is 2.54 bits per heavy atom. The van der Waals surface area contributed by atoms with Gasteiger partial charge in [-0.15, -0.1) is 0 Å². The van der Waals surface area contributed by atoms with E-state index in [4.69, 9.17) is 19.3 Å². The van der Waals surface area contributed by atoms with Crippen LogP contribution in [0.4, 0.5) is 5.69 Å². The van der Waals surface area contributed by atoms with E-state index < -0.39 is 42.2 Å². The largest absolute Gasteiger partial charge is 0.455 e. The molecule has 0 amide bonds. The summed E-state index contributed by atoms with van der Waals surface area (Å²) < 4.78 is 15.4. The van der Waals surface area contributed by atoms with Gasteiger partial charge in [0.2, 0.25) is 6.29 Å². The average Bonchev–Trinajstić information content (AvgIpc) is 2.56. The molecule has 134 valence electrons. The molecule has 24 heavy (non-hydrogen) atoms. The fourth-order valence-corrected chi connectivity index (χ4v) is 2.35. The van der Waals surface area contributed by atoms with Gasteiger partial charge in [-0.25, -0.2) is 0 Å². The van der Waals surface area contributed by atoms with Crippen molar-refractivity contribution < 1.29 is 39.6 Å². The Labute approximate surface area is 137 Å². The Morgan fingerprint density at radius 2 is 1.96 bits per heavy atom. The monoisotopic (exact) mass is 345 g/mol. The van der Waals surface area contributed by atoms with Gasteiger partial charge in [-0.3, -0.25) is 10.1 Å². The number of rotatable bonds is 6. The van der Waals surface area contributed by atoms with Crippen LogP contribution >= 0.6 is 0 Å². The van der Waals surface area contributed by atoms with Crippen LogP contribution in [0.1, 0.15) is 5.56 Å². The zero-order chi connectivity index (χ0) is 17.9. The topological polar surface area (TPSA) is 152 Å². The van der Waals surface area contributed by atoms with Crippen LogP contribution in [0.15, 0.2) is 18.2 Å². The number of nitro benzene ring substituents is 1. The third-order valence-corrected chi connectivity index (χ3v) is 3.62. The number of benzene rings is 1. The van der Waals surface area contributed by atoms with Crippen LogP contribution < -0.4 is 4.74 Å². The van der Waals surface area contributed by atoms with Gasteiger partial charge >= 0.3 is 5.69 Å². The molecule has 10 nitrogen and oxygen atoms in total. The Hall–Kier alpha value is -1.82. The van der Waals surface area contributed by atoms with Crippen molar-refractivity contribution in [3.05, 3.63) is 33.9 Å². The molecule has 10 heteroatoms. The number of hydrogen-bond donors (Lipinski definition) is 4. The normalized spacial score (nSPS) is 30.1. The predicted molar refractivity (Wildman–Crippen MR) is 78.2 cm³/mol. The summed E-state index contributed by atoms with van der Waals surface area (Å²) in [5.74, 6) is -0.191. The first-order valence-electron chi connectivity index (χ1n) is 7.12. The number of nitrogens with zero attached hydrogens (tertiary/aromatic N) is 1. The van der Waals surface area contributed by atoms with E-state index in [-0.39, 0.29) is 18.0 Å². The molecule has 1 heterocycles. The van der Waals surface area contributed by atoms with E-state index in [0.717, 1.165) is 0 Å². The maximum atomic E-state index is 11.2. The molecule has 5 atom stereocenters. The van der Waals surface area contributed by atoms with Crippen molar-refractivity contribution in [3.63, 3.8) is 0 Å². The number of hydrogen-bond acceptors (Lipinski definition) is 9. The second kappa shape index (κ2) is 7.83. The lowest BCUT2D eigenvalue weighted by Crippen LogP contribution is -2.60. The zero-order valence-corrected chi connectivity index (χ0v) is 12.8. The highest BCUT2D eigenvalue weighted by Gasteiger charge is 2.45. The molecular formula is C14H19NO9. The van der Waals surface area contributed by atoms with E-state index in [9.17, 15) is 25.4 Å². The predicted octanol–water partition coefficient (Wildman–Crippen LogP) is -1.08. The number of ether oxygens (including phenoxy) is 3. The summed E-state index contributed by atoms with van der Waals surface area (Å²) in [6, 6.07) is 4.10. The van der Waals surface area contributed by atoms with Crippen LogP contribution in [0.3, 0.4) is 0 Å². The van der Waals surface area contributed by atoms with Crippen LogP contribution in [0.25, 0.3) is 0 Å². The SMILES string of the molecule is COCc1ccc(O[C@@H]2O[C@H](CO)[C@@H](O)[C@H](O)[C@H]2O)c([N+](=O)[O-])c1. The highest BCUT2D eigenvalue weighted by Crippen LogP contribution is 2.32. The van der Waals surface area contributed by atoms with Crippen LogP contribution in [0, 0.1) is 10.1 Å². The standard InChI is InChI=1S/C14H19NO9/c1-22-6-7-2-3-9(8(4-7)15(20)21)23-14-13(19)12(18)11(17)10(5-16)24-14/h2-4,10-14,16-19H,5-6H2,1H3/t10-,11-,12+,13-,14-/m1/s1. The van der Waals surface area contributed by atoms with E-state index in [0.29, 0.717) is 5.56 Å². The minimum absolute atomic E-state index is 0.168. The van der Waals surface area contributed by atoms with Gasteiger partial charge in [0, 0.05) is 13.2 Å². The van der Waals surface area contributed by atoms with Gasteiger partial charge in [0.25, 0.3) is 0 Å². The molecule has 0 bridgehead atoms. The lowest BCUT2D eigenvalue weighted by atomic mass is 9.99. The van der Waals surface area contributed by atoms with Gasteiger partial charge in [-0.1, -0.05) is 6.07 Å². The average molecular weight is 345 g/mol. The van der Waals surface area contributed by atoms with Gasteiger partial charge in [0.15, 0.2) is 5.75 Å². The molecule has 2 rings (SSSR count). The molecule has 0 saturated carbocycles. The number of aliphatic hydroxyl groups excluding tert-OH is 4. The third-order valence-electron chi connectivity index (χ3n) is 3.62. The summed E-state index contributed by atoms with van der Waals surface area (Å²) in [5.41, 5.74) is 0.173. The Morgan fingerprint density at radius 1 is 1.25 bits per heavy atom. The Bertz CT molecular complexity index is 579. The van der Waals surface area contributed by atoms with Gasteiger partial charge in [0.05, 0.1) is 18.1 Å². The number of aliphatic hydroxyl groups is 4. The molecule has 0 spiro atoms. The molecule has 0 radical (unpaired) electrons. The molecule has 4 N–H and O–H groups in total. The van der Waals surface area contributed by atoms with Crippen LogP contribution in [-0.2, 0) is 16.1 Å². The number of methoxy groups -OCH3 is 1. The second-order valence-corrected chi connectivity index (χ2v) is 5.31. The van der Waals surface area contributed by atoms with Crippen LogP contribution in [0.2, 0.25) is 0 Å². The molecule has 1 aliphatic heterocycles. The lowest BCUT2D eigenvalue weighted by molar-refractivity contribution is -0.387. The smallest absolute Gasteiger partial charge is 0.311 e. The van der Waals surface area contributed by atoms with Crippen LogP contribution in [0.5, 0.6) is 5.75 Å². The van der Waals surface area contributed by atoms with E-state index in [1.54, 1.807) is 0 Å². The van der Waals surface area contributed by atoms with Crippen LogP contribution in [-0.4, -0.2) is 69.8 Å². The van der Waals surface area contributed by atoms with Gasteiger partial charge in [0.1, 0.15) is 24.4 Å². The first kappa shape index (κ1) is 18.5. The summed E-state index contributed by atoms with van der Waals surface area (Å²) in [6.45, 7) is -0.457.